The second-order valence-corrected chi connectivity index (χ2v) is 2.53. The Bertz CT molecular complexity index is 134. The van der Waals surface area contributed by atoms with Crippen LogP contribution in [0, 0.1) is 0 Å². The fraction of sp³-hybridized carbons (Fsp3) is 0.857. The predicted molar refractivity (Wildman–Crippen MR) is 38.7 cm³/mol. The normalized spacial score (nSPS) is 24.2. The maximum absolute atomic E-state index is 8.86. The molecule has 1 unspecified atom stereocenters. The molecular weight excluding hydrogens is 130 g/mol. The van der Waals surface area contributed by atoms with Gasteiger partial charge in [0.15, 0.2) is 0 Å². The Morgan fingerprint density at radius 1 is 1.80 bits per heavy atom. The number of aliphatic hydroxyl groups is 1. The highest BCUT2D eigenvalue weighted by Gasteiger charge is 2.16. The number of aliphatic hydroxyl groups excluding tert-OH is 1. The molecule has 10 heavy (non-hydrogen) atoms. The minimum absolute atomic E-state index is 0.597. The Kier molecular flexibility index (Phi) is 2.68. The predicted octanol–water partition coefficient (Wildman–Crippen LogP) is 1.27. The molecule has 0 amide bonds. The van der Waals surface area contributed by atoms with Crippen molar-refractivity contribution in [2.24, 2.45) is 5.16 Å². The minimum Gasteiger partial charge on any atom is -0.364 e. The minimum atomic E-state index is -0.674. The molecule has 0 saturated heterocycles. The van der Waals surface area contributed by atoms with Gasteiger partial charge in [-0.2, -0.15) is 0 Å². The van der Waals surface area contributed by atoms with Crippen LogP contribution >= 0.6 is 0 Å². The van der Waals surface area contributed by atoms with Crippen molar-refractivity contribution in [3.05, 3.63) is 0 Å². The van der Waals surface area contributed by atoms with Crippen LogP contribution in [0.4, 0.5) is 0 Å². The Labute approximate surface area is 60.7 Å². The standard InChI is InChI=1S/C7H13NO2/c1-2-3-4-6-5-7(9)10-8-6/h7,9H,2-5H2,1H3. The summed E-state index contributed by atoms with van der Waals surface area (Å²) >= 11 is 0. The monoisotopic (exact) mass is 143 g/mol. The third-order valence-corrected chi connectivity index (χ3v) is 1.53. The SMILES string of the molecule is CCCCC1=NOC(O)C1. The smallest absolute Gasteiger partial charge is 0.229 e. The maximum atomic E-state index is 8.86. The van der Waals surface area contributed by atoms with E-state index in [9.17, 15) is 0 Å². The van der Waals surface area contributed by atoms with Gasteiger partial charge < -0.3 is 9.94 Å². The fourth-order valence-corrected chi connectivity index (χ4v) is 0.940. The van der Waals surface area contributed by atoms with E-state index in [1.165, 1.54) is 0 Å². The molecular formula is C7H13NO2. The highest BCUT2D eigenvalue weighted by molar-refractivity contribution is 5.85. The first-order valence-corrected chi connectivity index (χ1v) is 3.72. The van der Waals surface area contributed by atoms with Gasteiger partial charge in [0.2, 0.25) is 6.29 Å². The topological polar surface area (TPSA) is 41.8 Å². The molecule has 0 aliphatic carbocycles. The van der Waals surface area contributed by atoms with Gasteiger partial charge in [-0.05, 0) is 12.8 Å². The van der Waals surface area contributed by atoms with Crippen LogP contribution in [0.25, 0.3) is 0 Å². The molecule has 3 heteroatoms. The van der Waals surface area contributed by atoms with E-state index in [0.29, 0.717) is 6.42 Å². The first-order valence-electron chi connectivity index (χ1n) is 3.72. The molecule has 58 valence electrons. The van der Waals surface area contributed by atoms with Crippen molar-refractivity contribution in [1.29, 1.82) is 0 Å². The number of rotatable bonds is 3. The van der Waals surface area contributed by atoms with Gasteiger partial charge in [-0.25, -0.2) is 0 Å². The zero-order valence-electron chi connectivity index (χ0n) is 6.21. The first kappa shape index (κ1) is 7.54. The molecule has 1 aliphatic heterocycles. The molecule has 1 heterocycles. The van der Waals surface area contributed by atoms with Gasteiger partial charge in [0.05, 0.1) is 12.1 Å². The lowest BCUT2D eigenvalue weighted by atomic mass is 10.1. The van der Waals surface area contributed by atoms with Crippen molar-refractivity contribution in [2.75, 3.05) is 0 Å². The van der Waals surface area contributed by atoms with Crippen LogP contribution in [-0.4, -0.2) is 17.1 Å². The number of unbranched alkanes of at least 4 members (excludes halogenated alkanes) is 1. The zero-order chi connectivity index (χ0) is 7.40. The van der Waals surface area contributed by atoms with E-state index in [1.807, 2.05) is 0 Å². The van der Waals surface area contributed by atoms with E-state index in [0.717, 1.165) is 25.0 Å². The lowest BCUT2D eigenvalue weighted by molar-refractivity contribution is -0.0762. The van der Waals surface area contributed by atoms with Gasteiger partial charge in [-0.15, -0.1) is 0 Å². The van der Waals surface area contributed by atoms with Crippen molar-refractivity contribution >= 4 is 5.71 Å². The van der Waals surface area contributed by atoms with Gasteiger partial charge in [0.1, 0.15) is 0 Å². The summed E-state index contributed by atoms with van der Waals surface area (Å²) in [5, 5.41) is 12.6. The highest BCUT2D eigenvalue weighted by atomic mass is 16.7. The van der Waals surface area contributed by atoms with E-state index in [-0.39, 0.29) is 0 Å². The Balaban J connectivity index is 2.17. The van der Waals surface area contributed by atoms with Crippen LogP contribution < -0.4 is 0 Å². The molecule has 0 fully saturated rings. The van der Waals surface area contributed by atoms with Crippen molar-refractivity contribution in [3.8, 4) is 0 Å². The first-order chi connectivity index (χ1) is 4.83. The Hall–Kier alpha value is -0.570. The summed E-state index contributed by atoms with van der Waals surface area (Å²) in [6, 6.07) is 0. The number of oxime groups is 1. The third kappa shape index (κ3) is 1.99. The zero-order valence-corrected chi connectivity index (χ0v) is 6.21. The van der Waals surface area contributed by atoms with Crippen molar-refractivity contribution < 1.29 is 9.94 Å². The summed E-state index contributed by atoms with van der Waals surface area (Å²) in [5.41, 5.74) is 0.995. The quantitative estimate of drug-likeness (QED) is 0.646. The average molecular weight is 143 g/mol. The molecule has 0 bridgehead atoms. The van der Waals surface area contributed by atoms with E-state index in [1.54, 1.807) is 0 Å². The summed E-state index contributed by atoms with van der Waals surface area (Å²) in [5.74, 6) is 0. The van der Waals surface area contributed by atoms with Gasteiger partial charge in [0.25, 0.3) is 0 Å². The lowest BCUT2D eigenvalue weighted by Gasteiger charge is -1.95. The second-order valence-electron chi connectivity index (χ2n) is 2.53. The molecule has 1 rings (SSSR count). The summed E-state index contributed by atoms with van der Waals surface area (Å²) in [4.78, 5) is 4.61. The van der Waals surface area contributed by atoms with Crippen molar-refractivity contribution in [2.45, 2.75) is 38.9 Å². The molecule has 0 aromatic rings. The second kappa shape index (κ2) is 3.56. The maximum Gasteiger partial charge on any atom is 0.229 e. The number of hydrogen-bond acceptors (Lipinski definition) is 3. The van der Waals surface area contributed by atoms with Crippen LogP contribution in [0.3, 0.4) is 0 Å². The summed E-state index contributed by atoms with van der Waals surface area (Å²) in [7, 11) is 0. The summed E-state index contributed by atoms with van der Waals surface area (Å²) in [6.45, 7) is 2.13. The van der Waals surface area contributed by atoms with E-state index in [4.69, 9.17) is 5.11 Å². The Morgan fingerprint density at radius 2 is 2.60 bits per heavy atom. The molecule has 0 saturated carbocycles. The molecule has 1 aliphatic rings. The van der Waals surface area contributed by atoms with E-state index in [2.05, 4.69) is 16.9 Å². The third-order valence-electron chi connectivity index (χ3n) is 1.53. The van der Waals surface area contributed by atoms with Gasteiger partial charge in [-0.1, -0.05) is 18.5 Å². The van der Waals surface area contributed by atoms with E-state index >= 15 is 0 Å². The van der Waals surface area contributed by atoms with Crippen LogP contribution in [0.1, 0.15) is 32.6 Å². The number of nitrogens with zero attached hydrogens (tertiary/aromatic N) is 1. The van der Waals surface area contributed by atoms with Crippen LogP contribution in [0.5, 0.6) is 0 Å². The largest absolute Gasteiger partial charge is 0.364 e. The Morgan fingerprint density at radius 3 is 3.10 bits per heavy atom. The molecule has 1 N–H and O–H groups in total. The lowest BCUT2D eigenvalue weighted by Crippen LogP contribution is -2.05. The molecule has 1 atom stereocenters. The summed E-state index contributed by atoms with van der Waals surface area (Å²) < 4.78 is 0. The van der Waals surface area contributed by atoms with Crippen LogP contribution in [0.15, 0.2) is 5.16 Å². The van der Waals surface area contributed by atoms with Crippen molar-refractivity contribution in [3.63, 3.8) is 0 Å². The molecule has 0 spiro atoms. The van der Waals surface area contributed by atoms with E-state index < -0.39 is 6.29 Å². The van der Waals surface area contributed by atoms with Crippen molar-refractivity contribution in [1.82, 2.24) is 0 Å². The van der Waals surface area contributed by atoms with Gasteiger partial charge >= 0.3 is 0 Å². The summed E-state index contributed by atoms with van der Waals surface area (Å²) in [6.07, 6.45) is 3.18. The van der Waals surface area contributed by atoms with Crippen LogP contribution in [-0.2, 0) is 4.84 Å². The van der Waals surface area contributed by atoms with Gasteiger partial charge in [0, 0.05) is 0 Å². The molecule has 0 aromatic carbocycles. The fourth-order valence-electron chi connectivity index (χ4n) is 0.940. The molecule has 0 aromatic heterocycles. The molecule has 3 nitrogen and oxygen atoms in total. The van der Waals surface area contributed by atoms with Gasteiger partial charge in [-0.3, -0.25) is 0 Å². The highest BCUT2D eigenvalue weighted by Crippen LogP contribution is 2.11. The molecule has 0 radical (unpaired) electrons. The average Bonchev–Trinajstić information content (AvgIpc) is 2.31. The van der Waals surface area contributed by atoms with Crippen LogP contribution in [0.2, 0.25) is 0 Å². The number of hydrogen-bond donors (Lipinski definition) is 1.